The maximum Gasteiger partial charge on any atom is 0.205 e. The molecule has 3 heterocycles. The standard InChI is InChI=1S/C18H16NO2.HI/c1-19-15(9-11-17-7-3-13-20-17)5-2-6-16(19)10-12-18-8-4-14-21-18;/h2-14H,1H3;1H/q+1;/p-1/b11-9+,12-10+;. The third-order valence-electron chi connectivity index (χ3n) is 3.23. The summed E-state index contributed by atoms with van der Waals surface area (Å²) < 4.78 is 12.7. The van der Waals surface area contributed by atoms with Gasteiger partial charge >= 0.3 is 0 Å². The number of hydrogen-bond acceptors (Lipinski definition) is 2. The SMILES string of the molecule is C[n+]1c(/C=C/c2ccco2)cccc1/C=C/c1ccco1.[I-]. The van der Waals surface area contributed by atoms with E-state index < -0.39 is 0 Å². The lowest BCUT2D eigenvalue weighted by Crippen LogP contribution is -3.00. The Kier molecular flexibility index (Phi) is 5.77. The predicted molar refractivity (Wildman–Crippen MR) is 82.9 cm³/mol. The molecular formula is C18H16INO2. The van der Waals surface area contributed by atoms with Gasteiger partial charge in [0.15, 0.2) is 0 Å². The van der Waals surface area contributed by atoms with Crippen LogP contribution in [0.5, 0.6) is 0 Å². The fourth-order valence-corrected chi connectivity index (χ4v) is 2.06. The number of halogens is 1. The molecule has 3 aromatic rings. The van der Waals surface area contributed by atoms with E-state index in [1.165, 1.54) is 0 Å². The largest absolute Gasteiger partial charge is 1.00 e. The normalized spacial score (nSPS) is 11.1. The molecule has 0 fully saturated rings. The summed E-state index contributed by atoms with van der Waals surface area (Å²) in [6.45, 7) is 0. The van der Waals surface area contributed by atoms with E-state index in [0.29, 0.717) is 0 Å². The summed E-state index contributed by atoms with van der Waals surface area (Å²) in [6, 6.07) is 13.8. The molecule has 112 valence electrons. The Morgan fingerprint density at radius 2 is 1.23 bits per heavy atom. The highest BCUT2D eigenvalue weighted by molar-refractivity contribution is 5.66. The van der Waals surface area contributed by atoms with Crippen LogP contribution in [0.15, 0.2) is 63.8 Å². The molecule has 0 aliphatic carbocycles. The summed E-state index contributed by atoms with van der Waals surface area (Å²) in [5.41, 5.74) is 2.18. The molecule has 0 radical (unpaired) electrons. The molecule has 0 atom stereocenters. The fraction of sp³-hybridized carbons (Fsp3) is 0.0556. The van der Waals surface area contributed by atoms with Gasteiger partial charge in [-0.2, -0.15) is 4.57 Å². The van der Waals surface area contributed by atoms with E-state index >= 15 is 0 Å². The van der Waals surface area contributed by atoms with Crippen molar-refractivity contribution in [1.82, 2.24) is 0 Å². The molecule has 22 heavy (non-hydrogen) atoms. The number of aromatic nitrogens is 1. The van der Waals surface area contributed by atoms with Crippen molar-refractivity contribution >= 4 is 24.3 Å². The average Bonchev–Trinajstić information content (AvgIpc) is 3.18. The third kappa shape index (κ3) is 3.98. The molecule has 0 aromatic carbocycles. The molecule has 0 unspecified atom stereocenters. The number of furan rings is 2. The van der Waals surface area contributed by atoms with E-state index in [9.17, 15) is 0 Å². The number of nitrogens with zero attached hydrogens (tertiary/aromatic N) is 1. The van der Waals surface area contributed by atoms with Crippen LogP contribution in [0.1, 0.15) is 22.9 Å². The minimum Gasteiger partial charge on any atom is -1.00 e. The van der Waals surface area contributed by atoms with Gasteiger partial charge in [-0.3, -0.25) is 0 Å². The van der Waals surface area contributed by atoms with Crippen LogP contribution in [0.2, 0.25) is 0 Å². The van der Waals surface area contributed by atoms with E-state index in [0.717, 1.165) is 22.9 Å². The van der Waals surface area contributed by atoms with Gasteiger partial charge < -0.3 is 32.8 Å². The molecule has 0 N–H and O–H groups in total. The molecule has 0 bridgehead atoms. The van der Waals surface area contributed by atoms with Crippen molar-refractivity contribution in [3.05, 3.63) is 77.9 Å². The Balaban J connectivity index is 0.00000176. The van der Waals surface area contributed by atoms with Gasteiger partial charge in [0.1, 0.15) is 18.6 Å². The summed E-state index contributed by atoms with van der Waals surface area (Å²) >= 11 is 0. The van der Waals surface area contributed by atoms with E-state index in [1.54, 1.807) is 12.5 Å². The minimum absolute atomic E-state index is 0. The molecule has 4 heteroatoms. The van der Waals surface area contributed by atoms with Crippen LogP contribution in [0.4, 0.5) is 0 Å². The van der Waals surface area contributed by atoms with Crippen molar-refractivity contribution in [2.45, 2.75) is 0 Å². The summed E-state index contributed by atoms with van der Waals surface area (Å²) in [4.78, 5) is 0. The van der Waals surface area contributed by atoms with Crippen LogP contribution >= 0.6 is 0 Å². The molecular weight excluding hydrogens is 389 g/mol. The predicted octanol–water partition coefficient (Wildman–Crippen LogP) is 1.04. The van der Waals surface area contributed by atoms with Crippen LogP contribution in [-0.4, -0.2) is 0 Å². The molecule has 0 saturated carbocycles. The Hall–Kier alpha value is -2.08. The first-order chi connectivity index (χ1) is 10.3. The van der Waals surface area contributed by atoms with E-state index in [1.807, 2.05) is 61.7 Å². The van der Waals surface area contributed by atoms with Crippen molar-refractivity contribution in [2.75, 3.05) is 0 Å². The highest BCUT2D eigenvalue weighted by atomic mass is 127. The highest BCUT2D eigenvalue weighted by Gasteiger charge is 2.07. The highest BCUT2D eigenvalue weighted by Crippen LogP contribution is 2.09. The van der Waals surface area contributed by atoms with Crippen LogP contribution in [0.3, 0.4) is 0 Å². The van der Waals surface area contributed by atoms with Crippen LogP contribution in [-0.2, 0) is 7.05 Å². The third-order valence-corrected chi connectivity index (χ3v) is 3.23. The number of hydrogen-bond donors (Lipinski definition) is 0. The van der Waals surface area contributed by atoms with Gasteiger partial charge in [-0.05, 0) is 42.5 Å². The molecule has 3 nitrogen and oxygen atoms in total. The van der Waals surface area contributed by atoms with Gasteiger partial charge in [0.05, 0.1) is 12.5 Å². The van der Waals surface area contributed by atoms with Gasteiger partial charge in [-0.1, -0.05) is 0 Å². The quantitative estimate of drug-likeness (QED) is 0.480. The number of pyridine rings is 1. The first kappa shape index (κ1) is 16.3. The molecule has 0 saturated heterocycles. The second-order valence-corrected chi connectivity index (χ2v) is 4.63. The van der Waals surface area contributed by atoms with Gasteiger partial charge in [-0.25, -0.2) is 0 Å². The van der Waals surface area contributed by atoms with Gasteiger partial charge in [0.25, 0.3) is 0 Å². The maximum absolute atomic E-state index is 5.30. The summed E-state index contributed by atoms with van der Waals surface area (Å²) in [5, 5.41) is 0. The Bertz CT molecular complexity index is 694. The first-order valence-electron chi connectivity index (χ1n) is 6.75. The average molecular weight is 405 g/mol. The Morgan fingerprint density at radius 1 is 0.727 bits per heavy atom. The van der Waals surface area contributed by atoms with Gasteiger partial charge in [0.2, 0.25) is 11.4 Å². The topological polar surface area (TPSA) is 30.2 Å². The summed E-state index contributed by atoms with van der Waals surface area (Å²) in [7, 11) is 2.03. The zero-order valence-corrected chi connectivity index (χ0v) is 14.3. The van der Waals surface area contributed by atoms with Crippen LogP contribution < -0.4 is 28.5 Å². The molecule has 3 rings (SSSR count). The van der Waals surface area contributed by atoms with Gasteiger partial charge in [-0.15, -0.1) is 0 Å². The van der Waals surface area contributed by atoms with Crippen LogP contribution in [0, 0.1) is 0 Å². The summed E-state index contributed by atoms with van der Waals surface area (Å²) in [6.07, 6.45) is 11.3. The Labute approximate surface area is 146 Å². The molecule has 0 aliphatic rings. The maximum atomic E-state index is 5.30. The zero-order chi connectivity index (χ0) is 14.5. The molecule has 0 amide bonds. The van der Waals surface area contributed by atoms with Crippen molar-refractivity contribution in [3.8, 4) is 0 Å². The minimum atomic E-state index is 0. The van der Waals surface area contributed by atoms with Crippen molar-refractivity contribution < 1.29 is 37.4 Å². The fourth-order valence-electron chi connectivity index (χ4n) is 2.06. The van der Waals surface area contributed by atoms with E-state index in [4.69, 9.17) is 8.83 Å². The number of rotatable bonds is 4. The monoisotopic (exact) mass is 405 g/mol. The second kappa shape index (κ2) is 7.79. The lowest BCUT2D eigenvalue weighted by atomic mass is 10.2. The first-order valence-corrected chi connectivity index (χ1v) is 6.75. The van der Waals surface area contributed by atoms with Crippen LogP contribution in [0.25, 0.3) is 24.3 Å². The van der Waals surface area contributed by atoms with Crippen molar-refractivity contribution in [3.63, 3.8) is 0 Å². The second-order valence-electron chi connectivity index (χ2n) is 4.63. The Morgan fingerprint density at radius 3 is 1.64 bits per heavy atom. The lowest BCUT2D eigenvalue weighted by Gasteiger charge is -1.98. The lowest BCUT2D eigenvalue weighted by molar-refractivity contribution is -0.675. The van der Waals surface area contributed by atoms with E-state index in [2.05, 4.69) is 16.7 Å². The molecule has 0 spiro atoms. The smallest absolute Gasteiger partial charge is 0.205 e. The molecule has 0 aliphatic heterocycles. The zero-order valence-electron chi connectivity index (χ0n) is 12.1. The van der Waals surface area contributed by atoms with Gasteiger partial charge in [0, 0.05) is 24.3 Å². The van der Waals surface area contributed by atoms with E-state index in [-0.39, 0.29) is 24.0 Å². The molecule has 3 aromatic heterocycles. The van der Waals surface area contributed by atoms with Crippen molar-refractivity contribution in [2.24, 2.45) is 7.05 Å². The summed E-state index contributed by atoms with van der Waals surface area (Å²) in [5.74, 6) is 1.68. The van der Waals surface area contributed by atoms with Crippen molar-refractivity contribution in [1.29, 1.82) is 0 Å².